The highest BCUT2D eigenvalue weighted by molar-refractivity contribution is 5.94. The van der Waals surface area contributed by atoms with Crippen LogP contribution in [-0.2, 0) is 4.79 Å². The maximum Gasteiger partial charge on any atom is 0.227 e. The summed E-state index contributed by atoms with van der Waals surface area (Å²) in [7, 11) is 0. The summed E-state index contributed by atoms with van der Waals surface area (Å²) in [5.74, 6) is 1.96. The smallest absolute Gasteiger partial charge is 0.227 e. The highest BCUT2D eigenvalue weighted by atomic mass is 16.1. The van der Waals surface area contributed by atoms with Crippen LogP contribution in [0.1, 0.15) is 57.4 Å². The lowest BCUT2D eigenvalue weighted by atomic mass is 9.88. The summed E-state index contributed by atoms with van der Waals surface area (Å²) in [5.41, 5.74) is 3.50. The molecule has 3 unspecified atom stereocenters. The lowest BCUT2D eigenvalue weighted by Gasteiger charge is -2.29. The van der Waals surface area contributed by atoms with Crippen molar-refractivity contribution in [1.29, 1.82) is 0 Å². The lowest BCUT2D eigenvalue weighted by molar-refractivity contribution is -0.121. The number of benzene rings is 1. The van der Waals surface area contributed by atoms with E-state index in [1.807, 2.05) is 0 Å². The van der Waals surface area contributed by atoms with E-state index in [0.29, 0.717) is 12.0 Å². The van der Waals surface area contributed by atoms with Crippen molar-refractivity contribution in [2.24, 2.45) is 17.8 Å². The maximum absolute atomic E-state index is 12.8. The highest BCUT2D eigenvalue weighted by Gasteiger charge is 2.43. The summed E-state index contributed by atoms with van der Waals surface area (Å²) in [6.07, 6.45) is 8.97. The van der Waals surface area contributed by atoms with Gasteiger partial charge in [0.25, 0.3) is 0 Å². The minimum Gasteiger partial charge on any atom is -0.370 e. The van der Waals surface area contributed by atoms with Crippen LogP contribution in [0.5, 0.6) is 0 Å². The zero-order valence-corrected chi connectivity index (χ0v) is 17.5. The number of aryl methyl sites for hydroxylation is 1. The molecule has 1 N–H and O–H groups in total. The van der Waals surface area contributed by atoms with Gasteiger partial charge in [0.05, 0.1) is 0 Å². The number of fused-ring (bicyclic) bond motifs is 2. The molecule has 2 saturated carbocycles. The number of hydrogen-bond acceptors (Lipinski definition) is 3. The van der Waals surface area contributed by atoms with Crippen LogP contribution in [0.2, 0.25) is 0 Å². The van der Waals surface area contributed by atoms with Crippen LogP contribution >= 0.6 is 0 Å². The van der Waals surface area contributed by atoms with Gasteiger partial charge in [-0.25, -0.2) is 0 Å². The van der Waals surface area contributed by atoms with Gasteiger partial charge in [-0.2, -0.15) is 0 Å². The monoisotopic (exact) mass is 381 g/mol. The van der Waals surface area contributed by atoms with Gasteiger partial charge in [-0.1, -0.05) is 6.42 Å². The molecule has 0 aromatic heterocycles. The molecule has 2 heterocycles. The Morgan fingerprint density at radius 3 is 2.68 bits per heavy atom. The van der Waals surface area contributed by atoms with Crippen molar-refractivity contribution in [2.75, 3.05) is 29.9 Å². The summed E-state index contributed by atoms with van der Waals surface area (Å²) in [4.78, 5) is 18.0. The van der Waals surface area contributed by atoms with E-state index in [4.69, 9.17) is 0 Å². The first kappa shape index (κ1) is 18.5. The Morgan fingerprint density at radius 1 is 1.11 bits per heavy atom. The van der Waals surface area contributed by atoms with Crippen LogP contribution in [0, 0.1) is 24.7 Å². The summed E-state index contributed by atoms with van der Waals surface area (Å²) in [6, 6.07) is 8.05. The predicted molar refractivity (Wildman–Crippen MR) is 115 cm³/mol. The van der Waals surface area contributed by atoms with E-state index in [2.05, 4.69) is 47.2 Å². The molecule has 1 aromatic rings. The van der Waals surface area contributed by atoms with E-state index in [0.717, 1.165) is 37.2 Å². The fourth-order valence-electron chi connectivity index (χ4n) is 6.52. The number of anilines is 2. The molecule has 0 spiro atoms. The molecule has 1 amide bonds. The normalized spacial score (nSPS) is 35.1. The summed E-state index contributed by atoms with van der Waals surface area (Å²) < 4.78 is 0. The zero-order valence-electron chi connectivity index (χ0n) is 17.5. The molecular weight excluding hydrogens is 346 g/mol. The van der Waals surface area contributed by atoms with Crippen molar-refractivity contribution < 1.29 is 4.79 Å². The second kappa shape index (κ2) is 7.37. The fourth-order valence-corrected chi connectivity index (χ4v) is 6.52. The third-order valence-electron chi connectivity index (χ3n) is 8.14. The number of hydrogen-bond donors (Lipinski definition) is 1. The van der Waals surface area contributed by atoms with Gasteiger partial charge < -0.3 is 10.2 Å². The number of nitrogens with zero attached hydrogens (tertiary/aromatic N) is 2. The second-order valence-electron chi connectivity index (χ2n) is 9.89. The molecule has 2 aliphatic heterocycles. The minimum absolute atomic E-state index is 0.250. The Hall–Kier alpha value is -1.55. The molecule has 2 aliphatic carbocycles. The Morgan fingerprint density at radius 2 is 2.00 bits per heavy atom. The first-order valence-electron chi connectivity index (χ1n) is 11.5. The molecule has 2 saturated heterocycles. The van der Waals surface area contributed by atoms with Gasteiger partial charge in [-0.05, 0) is 94.5 Å². The highest BCUT2D eigenvalue weighted by Crippen LogP contribution is 2.48. The van der Waals surface area contributed by atoms with E-state index in [1.54, 1.807) is 0 Å². The Kier molecular flexibility index (Phi) is 4.86. The Bertz CT molecular complexity index is 747. The van der Waals surface area contributed by atoms with E-state index >= 15 is 0 Å². The van der Waals surface area contributed by atoms with Crippen molar-refractivity contribution in [3.05, 3.63) is 23.8 Å². The molecule has 0 radical (unpaired) electrons. The van der Waals surface area contributed by atoms with E-state index in [9.17, 15) is 4.79 Å². The van der Waals surface area contributed by atoms with Gasteiger partial charge in [-0.15, -0.1) is 0 Å². The minimum atomic E-state index is 0.250. The van der Waals surface area contributed by atoms with Crippen LogP contribution in [0.3, 0.4) is 0 Å². The topological polar surface area (TPSA) is 35.6 Å². The van der Waals surface area contributed by atoms with Crippen LogP contribution in [0.15, 0.2) is 18.2 Å². The SMILES string of the molecule is Cc1cc(N2CCC(N3CCCC3C)C2)ccc1NC(=O)C1C[C@H]2CC[C@@H]1C2. The number of likely N-dealkylation sites (tertiary alicyclic amines) is 1. The van der Waals surface area contributed by atoms with Gasteiger partial charge in [-0.3, -0.25) is 9.69 Å². The van der Waals surface area contributed by atoms with Gasteiger partial charge in [0.15, 0.2) is 0 Å². The number of nitrogens with one attached hydrogen (secondary N) is 1. The largest absolute Gasteiger partial charge is 0.370 e. The summed E-state index contributed by atoms with van der Waals surface area (Å²) >= 11 is 0. The zero-order chi connectivity index (χ0) is 19.3. The average Bonchev–Trinajstić information content (AvgIpc) is 3.47. The van der Waals surface area contributed by atoms with Crippen LogP contribution in [-0.4, -0.2) is 42.5 Å². The maximum atomic E-state index is 12.8. The van der Waals surface area contributed by atoms with Crippen LogP contribution in [0.4, 0.5) is 11.4 Å². The first-order chi connectivity index (χ1) is 13.6. The molecule has 2 bridgehead atoms. The van der Waals surface area contributed by atoms with Crippen molar-refractivity contribution in [1.82, 2.24) is 4.90 Å². The van der Waals surface area contributed by atoms with E-state index in [1.165, 1.54) is 56.3 Å². The van der Waals surface area contributed by atoms with Crippen molar-refractivity contribution in [3.63, 3.8) is 0 Å². The standard InChI is InChI=1S/C24H35N3O/c1-16-12-20(26-11-9-21(15-26)27-10-3-4-17(27)2)7-8-23(16)25-24(28)22-14-18-5-6-19(22)13-18/h7-8,12,17-19,21-22H,3-6,9-11,13-15H2,1-2H3,(H,25,28)/t17?,18-,19+,21?,22?/m0/s1. The molecule has 152 valence electrons. The van der Waals surface area contributed by atoms with Crippen molar-refractivity contribution in [2.45, 2.75) is 70.9 Å². The summed E-state index contributed by atoms with van der Waals surface area (Å²) in [6.45, 7) is 8.07. The van der Waals surface area contributed by atoms with Gasteiger partial charge in [0, 0.05) is 42.5 Å². The number of carbonyl (C=O) groups excluding carboxylic acids is 1. The molecule has 4 nitrogen and oxygen atoms in total. The van der Waals surface area contributed by atoms with Crippen LogP contribution < -0.4 is 10.2 Å². The van der Waals surface area contributed by atoms with Crippen molar-refractivity contribution >= 4 is 17.3 Å². The lowest BCUT2D eigenvalue weighted by Crippen LogP contribution is -2.39. The van der Waals surface area contributed by atoms with Gasteiger partial charge in [0.2, 0.25) is 5.91 Å². The molecule has 28 heavy (non-hydrogen) atoms. The molecule has 1 aromatic carbocycles. The second-order valence-corrected chi connectivity index (χ2v) is 9.89. The number of amides is 1. The number of rotatable bonds is 4. The summed E-state index contributed by atoms with van der Waals surface area (Å²) in [5, 5.41) is 3.25. The van der Waals surface area contributed by atoms with Gasteiger partial charge >= 0.3 is 0 Å². The molecular formula is C24H35N3O. The third kappa shape index (κ3) is 3.34. The quantitative estimate of drug-likeness (QED) is 0.838. The van der Waals surface area contributed by atoms with Crippen molar-refractivity contribution in [3.8, 4) is 0 Å². The molecule has 4 fully saturated rings. The first-order valence-corrected chi connectivity index (χ1v) is 11.5. The van der Waals surface area contributed by atoms with E-state index in [-0.39, 0.29) is 11.8 Å². The van der Waals surface area contributed by atoms with Gasteiger partial charge in [0.1, 0.15) is 0 Å². The fraction of sp³-hybridized carbons (Fsp3) is 0.708. The van der Waals surface area contributed by atoms with E-state index < -0.39 is 0 Å². The average molecular weight is 382 g/mol. The molecule has 5 rings (SSSR count). The molecule has 4 heteroatoms. The van der Waals surface area contributed by atoms with Crippen LogP contribution in [0.25, 0.3) is 0 Å². The third-order valence-corrected chi connectivity index (χ3v) is 8.14. The molecule has 5 atom stereocenters. The Balaban J connectivity index is 1.22. The Labute approximate surface area is 169 Å². The number of carbonyl (C=O) groups is 1. The molecule has 4 aliphatic rings. The predicted octanol–water partition coefficient (Wildman–Crippen LogP) is 4.43.